The molecule has 6 rings (SSSR count). The molecule has 1 N–H and O–H groups in total. The smallest absolute Gasteiger partial charge is 0.335 e. The van der Waals surface area contributed by atoms with E-state index in [0.29, 0.717) is 29.8 Å². The average molecular weight is 542 g/mol. The Hall–Kier alpha value is -4.80. The molecule has 204 valence electrons. The number of imide groups is 4. The first-order chi connectivity index (χ1) is 19.0. The molecule has 1 spiro atoms. The summed E-state index contributed by atoms with van der Waals surface area (Å²) in [5.41, 5.74) is 1.56. The van der Waals surface area contributed by atoms with Crippen LogP contribution in [0.1, 0.15) is 29.5 Å². The predicted molar refractivity (Wildman–Crippen MR) is 144 cm³/mol. The third-order valence-corrected chi connectivity index (χ3v) is 8.32. The quantitative estimate of drug-likeness (QED) is 0.351. The van der Waals surface area contributed by atoms with Crippen LogP contribution in [-0.4, -0.2) is 72.2 Å². The zero-order valence-electron chi connectivity index (χ0n) is 22.3. The van der Waals surface area contributed by atoms with Crippen molar-refractivity contribution in [3.63, 3.8) is 0 Å². The number of carbonyl (C=O) groups is 6. The standard InChI is InChI=1S/C29H27N5O6/c1-16-6-4-7-19(12-16)34-24(36)20(23(35)30-27(34)39)14-17-9-10-21-18(13-17)15-29(22-8-5-11-33(21)22)25(37)31(2)28(40)32(3)26(29)38/h4,6-7,9-10,12-14,22H,5,8,11,15H2,1-3H3,(H,30,35,39)/b20-14+/t22-/m0/s1. The molecule has 0 aliphatic carbocycles. The van der Waals surface area contributed by atoms with Crippen LogP contribution in [0, 0.1) is 12.3 Å². The normalized spacial score (nSPS) is 23.3. The fraction of sp³-hybridized carbons (Fsp3) is 0.310. The first kappa shape index (κ1) is 25.5. The van der Waals surface area contributed by atoms with Crippen LogP contribution in [0.4, 0.5) is 21.0 Å². The summed E-state index contributed by atoms with van der Waals surface area (Å²) in [6.07, 6.45) is 2.91. The Morgan fingerprint density at radius 3 is 2.38 bits per heavy atom. The zero-order valence-corrected chi connectivity index (χ0v) is 22.3. The predicted octanol–water partition coefficient (Wildman–Crippen LogP) is 2.22. The number of anilines is 2. The Morgan fingerprint density at radius 2 is 1.68 bits per heavy atom. The summed E-state index contributed by atoms with van der Waals surface area (Å²) in [6.45, 7) is 2.48. The number of nitrogens with zero attached hydrogens (tertiary/aromatic N) is 4. The van der Waals surface area contributed by atoms with Gasteiger partial charge in [0.1, 0.15) is 5.57 Å². The van der Waals surface area contributed by atoms with E-state index in [2.05, 4.69) is 10.2 Å². The largest absolute Gasteiger partial charge is 0.367 e. The van der Waals surface area contributed by atoms with Gasteiger partial charge in [0.15, 0.2) is 5.41 Å². The van der Waals surface area contributed by atoms with Gasteiger partial charge in [0.05, 0.1) is 11.7 Å². The molecular formula is C29H27N5O6. The molecule has 2 aromatic rings. The summed E-state index contributed by atoms with van der Waals surface area (Å²) in [7, 11) is 2.78. The first-order valence-electron chi connectivity index (χ1n) is 13.0. The van der Waals surface area contributed by atoms with Gasteiger partial charge in [0.2, 0.25) is 11.8 Å². The second-order valence-electron chi connectivity index (χ2n) is 10.7. The van der Waals surface area contributed by atoms with Gasteiger partial charge in [-0.05, 0) is 73.2 Å². The minimum absolute atomic E-state index is 0.0776. The Labute approximate surface area is 230 Å². The van der Waals surface area contributed by atoms with Crippen LogP contribution in [0.5, 0.6) is 0 Å². The second-order valence-corrected chi connectivity index (χ2v) is 10.7. The number of urea groups is 2. The Kier molecular flexibility index (Phi) is 5.65. The van der Waals surface area contributed by atoms with Gasteiger partial charge in [-0.25, -0.2) is 14.5 Å². The van der Waals surface area contributed by atoms with Gasteiger partial charge in [-0.1, -0.05) is 18.2 Å². The molecule has 4 heterocycles. The van der Waals surface area contributed by atoms with Crippen molar-refractivity contribution in [1.29, 1.82) is 0 Å². The van der Waals surface area contributed by atoms with Gasteiger partial charge in [-0.3, -0.25) is 34.3 Å². The van der Waals surface area contributed by atoms with Crippen molar-refractivity contribution >= 4 is 53.1 Å². The van der Waals surface area contributed by atoms with Gasteiger partial charge in [-0.15, -0.1) is 0 Å². The van der Waals surface area contributed by atoms with Crippen molar-refractivity contribution in [2.75, 3.05) is 30.4 Å². The van der Waals surface area contributed by atoms with Crippen LogP contribution >= 0.6 is 0 Å². The van der Waals surface area contributed by atoms with E-state index < -0.39 is 41.1 Å². The van der Waals surface area contributed by atoms with Gasteiger partial charge in [-0.2, -0.15) is 0 Å². The number of fused-ring (bicyclic) bond motifs is 4. The van der Waals surface area contributed by atoms with Crippen molar-refractivity contribution in [1.82, 2.24) is 15.1 Å². The Bertz CT molecular complexity index is 1550. The molecule has 3 fully saturated rings. The third kappa shape index (κ3) is 3.50. The summed E-state index contributed by atoms with van der Waals surface area (Å²) in [4.78, 5) is 83.4. The number of aryl methyl sites for hydroxylation is 1. The highest BCUT2D eigenvalue weighted by Gasteiger charge is 2.63. The number of hydrogen-bond donors (Lipinski definition) is 1. The van der Waals surface area contributed by atoms with E-state index in [4.69, 9.17) is 0 Å². The van der Waals surface area contributed by atoms with Crippen molar-refractivity contribution in [3.05, 3.63) is 64.7 Å². The number of hydrogen-bond acceptors (Lipinski definition) is 7. The maximum absolute atomic E-state index is 13.6. The Balaban J connectivity index is 1.41. The summed E-state index contributed by atoms with van der Waals surface area (Å²) in [5, 5.41) is 2.23. The van der Waals surface area contributed by atoms with Crippen molar-refractivity contribution in [2.45, 2.75) is 32.2 Å². The maximum atomic E-state index is 13.6. The highest BCUT2D eigenvalue weighted by atomic mass is 16.2. The molecule has 8 amide bonds. The third-order valence-electron chi connectivity index (χ3n) is 8.32. The highest BCUT2D eigenvalue weighted by Crippen LogP contribution is 2.49. The molecule has 0 saturated carbocycles. The number of nitrogens with one attached hydrogen (secondary N) is 1. The fourth-order valence-corrected chi connectivity index (χ4v) is 6.45. The summed E-state index contributed by atoms with van der Waals surface area (Å²) >= 11 is 0. The van der Waals surface area contributed by atoms with Crippen LogP contribution in [0.25, 0.3) is 6.08 Å². The van der Waals surface area contributed by atoms with Crippen molar-refractivity contribution in [3.8, 4) is 0 Å². The lowest BCUT2D eigenvalue weighted by atomic mass is 9.68. The number of amides is 8. The lowest BCUT2D eigenvalue weighted by molar-refractivity contribution is -0.159. The van der Waals surface area contributed by atoms with E-state index in [0.717, 1.165) is 32.4 Å². The first-order valence-corrected chi connectivity index (χ1v) is 13.0. The van der Waals surface area contributed by atoms with E-state index in [-0.39, 0.29) is 18.0 Å². The number of rotatable bonds is 2. The fourth-order valence-electron chi connectivity index (χ4n) is 6.45. The lowest BCUT2D eigenvalue weighted by Gasteiger charge is -2.50. The summed E-state index contributed by atoms with van der Waals surface area (Å²) in [5.74, 6) is -2.62. The minimum Gasteiger partial charge on any atom is -0.367 e. The van der Waals surface area contributed by atoms with E-state index >= 15 is 0 Å². The van der Waals surface area contributed by atoms with Crippen LogP contribution in [0.15, 0.2) is 48.0 Å². The minimum atomic E-state index is -1.46. The molecule has 0 radical (unpaired) electrons. The molecule has 1 atom stereocenters. The number of barbiturate groups is 2. The number of carbonyl (C=O) groups excluding carboxylic acids is 6. The molecule has 40 heavy (non-hydrogen) atoms. The van der Waals surface area contributed by atoms with Crippen LogP contribution in [-0.2, 0) is 25.6 Å². The van der Waals surface area contributed by atoms with Crippen molar-refractivity contribution < 1.29 is 28.8 Å². The zero-order chi connectivity index (χ0) is 28.5. The molecule has 3 saturated heterocycles. The van der Waals surface area contributed by atoms with E-state index in [9.17, 15) is 28.8 Å². The van der Waals surface area contributed by atoms with E-state index in [1.165, 1.54) is 20.2 Å². The second kappa shape index (κ2) is 8.87. The van der Waals surface area contributed by atoms with Crippen LogP contribution < -0.4 is 15.1 Å². The molecule has 4 aliphatic heterocycles. The SMILES string of the molecule is Cc1cccc(N2C(=O)NC(=O)/C(=C\c3ccc4c(c3)CC3(C(=O)N(C)C(=O)N(C)C3=O)[C@@H]3CCCN43)C2=O)c1. The van der Waals surface area contributed by atoms with Gasteiger partial charge in [0, 0.05) is 26.3 Å². The van der Waals surface area contributed by atoms with Gasteiger partial charge < -0.3 is 4.90 Å². The molecule has 4 aliphatic rings. The Morgan fingerprint density at radius 1 is 0.950 bits per heavy atom. The monoisotopic (exact) mass is 541 g/mol. The molecule has 11 heteroatoms. The average Bonchev–Trinajstić information content (AvgIpc) is 3.43. The lowest BCUT2D eigenvalue weighted by Crippen LogP contribution is -2.70. The van der Waals surface area contributed by atoms with Gasteiger partial charge in [0.25, 0.3) is 11.8 Å². The molecule has 2 aromatic carbocycles. The molecular weight excluding hydrogens is 514 g/mol. The summed E-state index contributed by atoms with van der Waals surface area (Å²) < 4.78 is 0. The molecule has 0 unspecified atom stereocenters. The molecule has 11 nitrogen and oxygen atoms in total. The van der Waals surface area contributed by atoms with Gasteiger partial charge >= 0.3 is 12.1 Å². The van der Waals surface area contributed by atoms with E-state index in [1.807, 2.05) is 19.1 Å². The van der Waals surface area contributed by atoms with Crippen LogP contribution in [0.2, 0.25) is 0 Å². The van der Waals surface area contributed by atoms with Crippen LogP contribution in [0.3, 0.4) is 0 Å². The molecule has 0 aromatic heterocycles. The summed E-state index contributed by atoms with van der Waals surface area (Å²) in [6, 6.07) is 10.3. The number of benzene rings is 2. The maximum Gasteiger partial charge on any atom is 0.335 e. The molecule has 0 bridgehead atoms. The van der Waals surface area contributed by atoms with E-state index in [1.54, 1.807) is 30.3 Å². The van der Waals surface area contributed by atoms with Crippen molar-refractivity contribution in [2.24, 2.45) is 5.41 Å². The highest BCUT2D eigenvalue weighted by molar-refractivity contribution is 6.39. The topological polar surface area (TPSA) is 127 Å².